The van der Waals surface area contributed by atoms with Gasteiger partial charge >= 0.3 is 0 Å². The molecule has 4 heteroatoms. The number of carbonyl (C=O) groups is 1. The van der Waals surface area contributed by atoms with Crippen molar-refractivity contribution in [1.29, 1.82) is 0 Å². The molecule has 1 N–H and O–H groups in total. The molecule has 4 nitrogen and oxygen atoms in total. The molecule has 1 heterocycles. The second kappa shape index (κ2) is 9.14. The van der Waals surface area contributed by atoms with Crippen molar-refractivity contribution in [3.8, 4) is 5.75 Å². The first-order chi connectivity index (χ1) is 16.2. The van der Waals surface area contributed by atoms with Gasteiger partial charge in [-0.05, 0) is 54.2 Å². The van der Waals surface area contributed by atoms with Gasteiger partial charge in [0.15, 0.2) is 5.78 Å². The van der Waals surface area contributed by atoms with E-state index < -0.39 is 0 Å². The van der Waals surface area contributed by atoms with Gasteiger partial charge in [0.25, 0.3) is 0 Å². The number of fused-ring (bicyclic) bond motifs is 1. The van der Waals surface area contributed by atoms with Crippen molar-refractivity contribution in [3.05, 3.63) is 101 Å². The smallest absolute Gasteiger partial charge is 0.163 e. The van der Waals surface area contributed by atoms with Gasteiger partial charge < -0.3 is 15.0 Å². The maximum atomic E-state index is 13.8. The number of nitrogens with zero attached hydrogens (tertiary/aromatic N) is 1. The Morgan fingerprint density at radius 3 is 2.36 bits per heavy atom. The molecule has 2 atom stereocenters. The number of hydrogen-bond donors (Lipinski definition) is 1. The van der Waals surface area contributed by atoms with Crippen LogP contribution >= 0.6 is 0 Å². The summed E-state index contributed by atoms with van der Waals surface area (Å²) in [4.78, 5) is 16.2. The Balaban J connectivity index is 1.67. The quantitative estimate of drug-likeness (QED) is 0.495. The van der Waals surface area contributed by atoms with Crippen molar-refractivity contribution in [2.24, 2.45) is 0 Å². The molecule has 0 saturated heterocycles. The van der Waals surface area contributed by atoms with E-state index in [2.05, 4.69) is 77.8 Å². The molecule has 2 aliphatic rings. The largest absolute Gasteiger partial charge is 0.497 e. The van der Waals surface area contributed by atoms with Gasteiger partial charge in [-0.25, -0.2) is 0 Å². The molecule has 0 unspecified atom stereocenters. The molecule has 1 aliphatic heterocycles. The lowest BCUT2D eigenvalue weighted by molar-refractivity contribution is -0.116. The summed E-state index contributed by atoms with van der Waals surface area (Å²) < 4.78 is 5.40. The van der Waals surface area contributed by atoms with E-state index in [9.17, 15) is 4.79 Å². The summed E-state index contributed by atoms with van der Waals surface area (Å²) in [5.41, 5.74) is 6.49. The lowest BCUT2D eigenvalue weighted by atomic mass is 9.78. The zero-order valence-electron chi connectivity index (χ0n) is 19.3. The molecule has 0 spiro atoms. The number of anilines is 2. The van der Waals surface area contributed by atoms with Crippen LogP contribution in [0.25, 0.3) is 0 Å². The Bertz CT molecular complexity index is 1170. The van der Waals surface area contributed by atoms with Gasteiger partial charge in [0.05, 0.1) is 24.5 Å². The second-order valence-corrected chi connectivity index (χ2v) is 8.84. The van der Waals surface area contributed by atoms with Crippen LogP contribution in [0, 0.1) is 0 Å². The van der Waals surface area contributed by atoms with Crippen molar-refractivity contribution < 1.29 is 9.53 Å². The van der Waals surface area contributed by atoms with Gasteiger partial charge in [-0.3, -0.25) is 4.79 Å². The first-order valence-corrected chi connectivity index (χ1v) is 11.8. The molecule has 0 aromatic heterocycles. The Kier molecular flexibility index (Phi) is 5.91. The maximum absolute atomic E-state index is 13.8. The van der Waals surface area contributed by atoms with Gasteiger partial charge in [-0.1, -0.05) is 61.5 Å². The third-order valence-electron chi connectivity index (χ3n) is 6.76. The number of methoxy groups -OCH3 is 1. The highest BCUT2D eigenvalue weighted by atomic mass is 16.5. The van der Waals surface area contributed by atoms with Gasteiger partial charge in [0.2, 0.25) is 0 Å². The molecule has 5 rings (SSSR count). The number of Topliss-reactive ketones (excluding diaryl/α,β-unsaturated/α-hetero) is 1. The fraction of sp³-hybridized carbons (Fsp3) is 0.276. The minimum atomic E-state index is -0.133. The van der Waals surface area contributed by atoms with E-state index in [1.807, 2.05) is 18.2 Å². The molecular formula is C29H30N2O2. The van der Waals surface area contributed by atoms with Crippen LogP contribution in [0.15, 0.2) is 90.1 Å². The number of carbonyl (C=O) groups excluding carboxylic acids is 1. The fourth-order valence-electron chi connectivity index (χ4n) is 5.24. The Morgan fingerprint density at radius 2 is 1.64 bits per heavy atom. The molecule has 168 valence electrons. The van der Waals surface area contributed by atoms with E-state index in [0.717, 1.165) is 53.3 Å². The molecule has 0 bridgehead atoms. The number of benzene rings is 3. The Hall–Kier alpha value is -3.53. The van der Waals surface area contributed by atoms with Crippen molar-refractivity contribution in [2.75, 3.05) is 23.9 Å². The summed E-state index contributed by atoms with van der Waals surface area (Å²) in [6.45, 7) is 3.05. The molecule has 3 aromatic rings. The van der Waals surface area contributed by atoms with E-state index in [4.69, 9.17) is 4.74 Å². The van der Waals surface area contributed by atoms with Crippen LogP contribution in [-0.2, 0) is 4.79 Å². The highest BCUT2D eigenvalue weighted by Crippen LogP contribution is 2.47. The van der Waals surface area contributed by atoms with Gasteiger partial charge in [0, 0.05) is 24.2 Å². The van der Waals surface area contributed by atoms with Crippen LogP contribution in [0.1, 0.15) is 49.3 Å². The molecule has 33 heavy (non-hydrogen) atoms. The number of ketones is 1. The molecule has 0 amide bonds. The number of ether oxygens (including phenoxy) is 1. The molecule has 0 radical (unpaired) electrons. The first-order valence-electron chi connectivity index (χ1n) is 11.8. The maximum Gasteiger partial charge on any atom is 0.163 e. The number of para-hydroxylation sites is 2. The summed E-state index contributed by atoms with van der Waals surface area (Å²) in [6, 6.07) is 26.9. The lowest BCUT2D eigenvalue weighted by Gasteiger charge is -2.36. The number of nitrogens with one attached hydrogen (secondary N) is 1. The Labute approximate surface area is 195 Å². The van der Waals surface area contributed by atoms with Crippen LogP contribution in [0.4, 0.5) is 11.4 Å². The Morgan fingerprint density at radius 1 is 0.909 bits per heavy atom. The number of rotatable bonds is 5. The normalized spacial score (nSPS) is 19.9. The molecule has 1 aliphatic carbocycles. The van der Waals surface area contributed by atoms with Crippen LogP contribution in [0.2, 0.25) is 0 Å². The monoisotopic (exact) mass is 438 g/mol. The van der Waals surface area contributed by atoms with E-state index in [0.29, 0.717) is 6.42 Å². The van der Waals surface area contributed by atoms with Gasteiger partial charge in [0.1, 0.15) is 5.75 Å². The highest BCUT2D eigenvalue weighted by molar-refractivity contribution is 6.01. The van der Waals surface area contributed by atoms with Crippen molar-refractivity contribution >= 4 is 17.2 Å². The van der Waals surface area contributed by atoms with E-state index >= 15 is 0 Å². The molecular weight excluding hydrogens is 408 g/mol. The first kappa shape index (κ1) is 21.3. The van der Waals surface area contributed by atoms with Gasteiger partial charge in [-0.15, -0.1) is 0 Å². The summed E-state index contributed by atoms with van der Waals surface area (Å²) >= 11 is 0. The summed E-state index contributed by atoms with van der Waals surface area (Å²) in [6.07, 6.45) is 2.35. The fourth-order valence-corrected chi connectivity index (χ4v) is 5.24. The third kappa shape index (κ3) is 4.02. The third-order valence-corrected chi connectivity index (χ3v) is 6.76. The van der Waals surface area contributed by atoms with E-state index in [1.54, 1.807) is 7.11 Å². The van der Waals surface area contributed by atoms with Crippen LogP contribution in [-0.4, -0.2) is 19.4 Å². The van der Waals surface area contributed by atoms with Crippen LogP contribution in [0.5, 0.6) is 5.75 Å². The van der Waals surface area contributed by atoms with E-state index in [-0.39, 0.29) is 17.7 Å². The average molecular weight is 439 g/mol. The molecule has 0 saturated carbocycles. The predicted octanol–water partition coefficient (Wildman–Crippen LogP) is 6.48. The van der Waals surface area contributed by atoms with Crippen LogP contribution < -0.4 is 15.0 Å². The minimum Gasteiger partial charge on any atom is -0.497 e. The number of allylic oxidation sites excluding steroid dienone is 1. The zero-order chi connectivity index (χ0) is 22.8. The van der Waals surface area contributed by atoms with Crippen molar-refractivity contribution in [3.63, 3.8) is 0 Å². The SMILES string of the molecule is CCCN1c2ccccc2NC2=C(C(=O)C[C@H](c3ccccc3)C2)[C@H]1c1ccc(OC)cc1. The summed E-state index contributed by atoms with van der Waals surface area (Å²) in [7, 11) is 1.68. The summed E-state index contributed by atoms with van der Waals surface area (Å²) in [5.74, 6) is 1.24. The highest BCUT2D eigenvalue weighted by Gasteiger charge is 2.39. The number of hydrogen-bond acceptors (Lipinski definition) is 4. The second-order valence-electron chi connectivity index (χ2n) is 8.84. The van der Waals surface area contributed by atoms with Crippen LogP contribution in [0.3, 0.4) is 0 Å². The van der Waals surface area contributed by atoms with Crippen molar-refractivity contribution in [1.82, 2.24) is 0 Å². The van der Waals surface area contributed by atoms with E-state index in [1.165, 1.54) is 5.56 Å². The average Bonchev–Trinajstić information content (AvgIpc) is 2.99. The van der Waals surface area contributed by atoms with Crippen molar-refractivity contribution in [2.45, 2.75) is 38.1 Å². The standard InChI is InChI=1S/C29H30N2O2/c1-3-17-31-26-12-8-7-11-24(26)30-25-18-22(20-9-5-4-6-10-20)19-27(32)28(25)29(31)21-13-15-23(33-2)16-14-21/h4-16,22,29-30H,3,17-19H2,1-2H3/t22-,29-/m1/s1. The summed E-state index contributed by atoms with van der Waals surface area (Å²) in [5, 5.41) is 3.69. The molecule has 3 aromatic carbocycles. The predicted molar refractivity (Wildman–Crippen MR) is 134 cm³/mol. The lowest BCUT2D eigenvalue weighted by Crippen LogP contribution is -2.34. The molecule has 0 fully saturated rings. The minimum absolute atomic E-state index is 0.133. The topological polar surface area (TPSA) is 41.6 Å². The van der Waals surface area contributed by atoms with Gasteiger partial charge in [-0.2, -0.15) is 0 Å². The zero-order valence-corrected chi connectivity index (χ0v) is 19.3.